The third-order valence-electron chi connectivity index (χ3n) is 5.41. The molecule has 0 spiro atoms. The van der Waals surface area contributed by atoms with Gasteiger partial charge in [-0.2, -0.15) is 13.2 Å². The largest absolute Gasteiger partial charge is 0.491 e. The minimum atomic E-state index is -3.54. The van der Waals surface area contributed by atoms with Crippen LogP contribution in [0.4, 0.5) is 17.6 Å². The van der Waals surface area contributed by atoms with Gasteiger partial charge in [0.25, 0.3) is 0 Å². The molecule has 3 aromatic carbocycles. The first kappa shape index (κ1) is 24.6. The molecule has 0 aromatic heterocycles. The molecule has 0 radical (unpaired) electrons. The van der Waals surface area contributed by atoms with E-state index in [9.17, 15) is 17.6 Å². The van der Waals surface area contributed by atoms with Crippen molar-refractivity contribution in [3.8, 4) is 22.6 Å². The van der Waals surface area contributed by atoms with Gasteiger partial charge in [-0.25, -0.2) is 4.39 Å². The molecule has 0 saturated heterocycles. The Kier molecular flexibility index (Phi) is 8.01. The Balaban J connectivity index is 1.65. The number of rotatable bonds is 10. The zero-order valence-corrected chi connectivity index (χ0v) is 19.1. The maximum Gasteiger partial charge on any atom is 0.398 e. The molecule has 0 N–H and O–H groups in total. The number of benzene rings is 3. The van der Waals surface area contributed by atoms with Crippen LogP contribution >= 0.6 is 0 Å². The molecule has 176 valence electrons. The molecule has 3 aromatic rings. The van der Waals surface area contributed by atoms with Crippen molar-refractivity contribution in [2.75, 3.05) is 6.61 Å². The highest BCUT2D eigenvalue weighted by molar-refractivity contribution is 5.64. The van der Waals surface area contributed by atoms with Gasteiger partial charge in [-0.05, 0) is 72.7 Å². The van der Waals surface area contributed by atoms with E-state index in [1.807, 2.05) is 12.1 Å². The van der Waals surface area contributed by atoms with E-state index in [2.05, 4.69) is 19.1 Å². The van der Waals surface area contributed by atoms with E-state index in [-0.39, 0.29) is 30.1 Å². The standard InChI is InChI=1S/C27H28F4O2/c1-4-6-19-7-9-20(10-8-19)21-11-13-22(14-12-21)33-27(30,31)16-15-23-18(3)17-24(32-5-2)26(29)25(23)28/h7-14,17H,4-6,15-16H2,1-3H3. The summed E-state index contributed by atoms with van der Waals surface area (Å²) < 4.78 is 67.3. The van der Waals surface area contributed by atoms with Gasteiger partial charge in [0.15, 0.2) is 11.6 Å². The van der Waals surface area contributed by atoms with Crippen LogP contribution in [-0.2, 0) is 12.8 Å². The summed E-state index contributed by atoms with van der Waals surface area (Å²) in [7, 11) is 0. The molecule has 0 aliphatic heterocycles. The molecular weight excluding hydrogens is 432 g/mol. The molecule has 0 amide bonds. The van der Waals surface area contributed by atoms with E-state index < -0.39 is 24.2 Å². The molecule has 6 heteroatoms. The molecule has 0 fully saturated rings. The van der Waals surface area contributed by atoms with E-state index in [0.29, 0.717) is 5.56 Å². The SMILES string of the molecule is CCCc1ccc(-c2ccc(OC(F)(F)CCc3c(C)cc(OCC)c(F)c3F)cc2)cc1. The zero-order valence-electron chi connectivity index (χ0n) is 19.1. The normalized spacial score (nSPS) is 11.5. The van der Waals surface area contributed by atoms with E-state index in [1.54, 1.807) is 19.1 Å². The topological polar surface area (TPSA) is 18.5 Å². The number of alkyl halides is 2. The predicted octanol–water partition coefficient (Wildman–Crippen LogP) is 7.90. The Hall–Kier alpha value is -3.02. The lowest BCUT2D eigenvalue weighted by molar-refractivity contribution is -0.180. The third kappa shape index (κ3) is 6.28. The van der Waals surface area contributed by atoms with E-state index in [1.165, 1.54) is 30.7 Å². The van der Waals surface area contributed by atoms with E-state index in [4.69, 9.17) is 9.47 Å². The second-order valence-corrected chi connectivity index (χ2v) is 7.94. The Morgan fingerprint density at radius 1 is 0.818 bits per heavy atom. The smallest absolute Gasteiger partial charge is 0.398 e. The van der Waals surface area contributed by atoms with E-state index in [0.717, 1.165) is 24.0 Å². The van der Waals surface area contributed by atoms with Gasteiger partial charge < -0.3 is 9.47 Å². The summed E-state index contributed by atoms with van der Waals surface area (Å²) in [6.07, 6.45) is -2.64. The second kappa shape index (κ2) is 10.7. The maximum absolute atomic E-state index is 14.4. The van der Waals surface area contributed by atoms with Gasteiger partial charge in [-0.1, -0.05) is 49.7 Å². The van der Waals surface area contributed by atoms with Crippen LogP contribution in [0.15, 0.2) is 54.6 Å². The molecule has 3 rings (SSSR count). The molecule has 0 saturated carbocycles. The average molecular weight is 461 g/mol. The van der Waals surface area contributed by atoms with Gasteiger partial charge in [0.1, 0.15) is 5.75 Å². The van der Waals surface area contributed by atoms with Crippen LogP contribution in [0.25, 0.3) is 11.1 Å². The number of halogens is 4. The number of ether oxygens (including phenoxy) is 2. The summed E-state index contributed by atoms with van der Waals surface area (Å²) in [5.74, 6) is -2.55. The molecule has 0 heterocycles. The van der Waals surface area contributed by atoms with E-state index >= 15 is 0 Å². The Morgan fingerprint density at radius 2 is 1.42 bits per heavy atom. The molecule has 0 unspecified atom stereocenters. The minimum Gasteiger partial charge on any atom is -0.491 e. The van der Waals surface area contributed by atoms with Crippen LogP contribution in [0.3, 0.4) is 0 Å². The maximum atomic E-state index is 14.4. The van der Waals surface area contributed by atoms with Gasteiger partial charge >= 0.3 is 6.11 Å². The summed E-state index contributed by atoms with van der Waals surface area (Å²) in [6, 6.07) is 15.8. The quantitative estimate of drug-likeness (QED) is 0.286. The minimum absolute atomic E-state index is 0.00132. The van der Waals surface area contributed by atoms with Gasteiger partial charge in [0.05, 0.1) is 13.0 Å². The fraction of sp³-hybridized carbons (Fsp3) is 0.333. The molecule has 33 heavy (non-hydrogen) atoms. The molecule has 2 nitrogen and oxygen atoms in total. The third-order valence-corrected chi connectivity index (χ3v) is 5.41. The first-order valence-electron chi connectivity index (χ1n) is 11.1. The van der Waals surface area contributed by atoms with Crippen molar-refractivity contribution < 1.29 is 27.0 Å². The van der Waals surface area contributed by atoms with Crippen molar-refractivity contribution in [1.82, 2.24) is 0 Å². The predicted molar refractivity (Wildman–Crippen MR) is 122 cm³/mol. The highest BCUT2D eigenvalue weighted by atomic mass is 19.3. The van der Waals surface area contributed by atoms with Gasteiger partial charge in [-0.15, -0.1) is 0 Å². The van der Waals surface area contributed by atoms with Crippen molar-refractivity contribution in [1.29, 1.82) is 0 Å². The molecular formula is C27H28F4O2. The second-order valence-electron chi connectivity index (χ2n) is 7.94. The average Bonchev–Trinajstić information content (AvgIpc) is 2.78. The lowest BCUT2D eigenvalue weighted by atomic mass is 10.0. The van der Waals surface area contributed by atoms with Crippen molar-refractivity contribution in [2.45, 2.75) is 52.6 Å². The summed E-state index contributed by atoms with van der Waals surface area (Å²) in [4.78, 5) is 0. The van der Waals surface area contributed by atoms with Crippen molar-refractivity contribution in [3.05, 3.63) is 82.9 Å². The van der Waals surface area contributed by atoms with Crippen LogP contribution in [-0.4, -0.2) is 12.7 Å². The summed E-state index contributed by atoms with van der Waals surface area (Å²) in [5, 5.41) is 0. The van der Waals surface area contributed by atoms with Crippen LogP contribution in [0.5, 0.6) is 11.5 Å². The lowest BCUT2D eigenvalue weighted by Crippen LogP contribution is -2.25. The first-order chi connectivity index (χ1) is 15.7. The summed E-state index contributed by atoms with van der Waals surface area (Å²) in [5.41, 5.74) is 3.36. The number of aryl methyl sites for hydroxylation is 2. The Labute approximate surface area is 192 Å². The van der Waals surface area contributed by atoms with Crippen molar-refractivity contribution >= 4 is 0 Å². The first-order valence-corrected chi connectivity index (χ1v) is 11.1. The Morgan fingerprint density at radius 3 is 2.00 bits per heavy atom. The Bertz CT molecular complexity index is 1060. The summed E-state index contributed by atoms with van der Waals surface area (Å²) in [6.45, 7) is 5.47. The van der Waals surface area contributed by atoms with Crippen LogP contribution in [0, 0.1) is 18.6 Å². The monoisotopic (exact) mass is 460 g/mol. The molecule has 0 bridgehead atoms. The highest BCUT2D eigenvalue weighted by Gasteiger charge is 2.32. The molecule has 0 atom stereocenters. The fourth-order valence-electron chi connectivity index (χ4n) is 3.69. The highest BCUT2D eigenvalue weighted by Crippen LogP contribution is 2.32. The van der Waals surface area contributed by atoms with Crippen molar-refractivity contribution in [3.63, 3.8) is 0 Å². The van der Waals surface area contributed by atoms with Gasteiger partial charge in [-0.3, -0.25) is 0 Å². The lowest BCUT2D eigenvalue weighted by Gasteiger charge is -2.19. The van der Waals surface area contributed by atoms with Gasteiger partial charge in [0, 0.05) is 0 Å². The fourth-order valence-corrected chi connectivity index (χ4v) is 3.69. The van der Waals surface area contributed by atoms with Crippen LogP contribution < -0.4 is 9.47 Å². The number of hydrogen-bond acceptors (Lipinski definition) is 2. The van der Waals surface area contributed by atoms with Gasteiger partial charge in [0.2, 0.25) is 5.82 Å². The zero-order chi connectivity index (χ0) is 24.0. The molecule has 0 aliphatic rings. The van der Waals surface area contributed by atoms with Crippen LogP contribution in [0.1, 0.15) is 43.4 Å². The number of hydrogen-bond donors (Lipinski definition) is 0. The molecule has 0 aliphatic carbocycles. The van der Waals surface area contributed by atoms with Crippen LogP contribution in [0.2, 0.25) is 0 Å². The van der Waals surface area contributed by atoms with Crippen molar-refractivity contribution in [2.24, 2.45) is 0 Å². The summed E-state index contributed by atoms with van der Waals surface area (Å²) >= 11 is 0.